The van der Waals surface area contributed by atoms with E-state index in [4.69, 9.17) is 0 Å². The van der Waals surface area contributed by atoms with E-state index in [2.05, 4.69) is 107 Å². The van der Waals surface area contributed by atoms with Gasteiger partial charge in [-0.2, -0.15) is 0 Å². The van der Waals surface area contributed by atoms with Gasteiger partial charge in [-0.1, -0.05) is 96.1 Å². The van der Waals surface area contributed by atoms with Crippen molar-refractivity contribution in [2.24, 2.45) is 0 Å². The molecule has 0 spiro atoms. The number of aromatic nitrogens is 1. The average Bonchev–Trinajstić information content (AvgIpc) is 3.61. The molecule has 0 unspecified atom stereocenters. The van der Waals surface area contributed by atoms with Gasteiger partial charge in [-0.3, -0.25) is 9.59 Å². The van der Waals surface area contributed by atoms with Gasteiger partial charge in [-0.05, 0) is 146 Å². The second-order valence-electron chi connectivity index (χ2n) is 14.9. The van der Waals surface area contributed by atoms with Gasteiger partial charge in [0.25, 0.3) is 11.8 Å². The molecule has 4 heteroatoms. The van der Waals surface area contributed by atoms with Crippen molar-refractivity contribution in [1.82, 2.24) is 4.57 Å². The van der Waals surface area contributed by atoms with E-state index in [1.165, 1.54) is 49.4 Å². The molecule has 4 nitrogen and oxygen atoms in total. The van der Waals surface area contributed by atoms with Crippen LogP contribution < -0.4 is 4.90 Å². The van der Waals surface area contributed by atoms with Crippen molar-refractivity contribution < 1.29 is 9.59 Å². The molecule has 0 saturated heterocycles. The Kier molecular flexibility index (Phi) is 7.75. The molecule has 0 bridgehead atoms. The molecule has 2 heterocycles. The monoisotopic (exact) mass is 700 g/mol. The third kappa shape index (κ3) is 5.21. The summed E-state index contributed by atoms with van der Waals surface area (Å²) >= 11 is 0. The summed E-state index contributed by atoms with van der Waals surface area (Å²) in [7, 11) is 0. The number of aryl methyl sites for hydroxylation is 6. The molecular weight excluding hydrogens is 661 g/mol. The molecule has 262 valence electrons. The van der Waals surface area contributed by atoms with Gasteiger partial charge in [0.1, 0.15) is 0 Å². The van der Waals surface area contributed by atoms with E-state index in [9.17, 15) is 9.59 Å². The van der Waals surface area contributed by atoms with Crippen molar-refractivity contribution in [2.45, 2.75) is 41.5 Å². The van der Waals surface area contributed by atoms with Crippen LogP contribution in [0.3, 0.4) is 0 Å². The molecule has 0 aliphatic carbocycles. The van der Waals surface area contributed by atoms with Crippen LogP contribution in [0.4, 0.5) is 5.69 Å². The molecule has 1 aromatic heterocycles. The minimum atomic E-state index is -0.323. The number of anilines is 1. The van der Waals surface area contributed by atoms with Gasteiger partial charge in [0.2, 0.25) is 0 Å². The summed E-state index contributed by atoms with van der Waals surface area (Å²) in [6.07, 6.45) is 0. The Morgan fingerprint density at radius 1 is 0.407 bits per heavy atom. The zero-order valence-electron chi connectivity index (χ0n) is 31.4. The molecule has 0 radical (unpaired) electrons. The molecule has 0 fully saturated rings. The van der Waals surface area contributed by atoms with Crippen LogP contribution in [-0.2, 0) is 0 Å². The topological polar surface area (TPSA) is 42.3 Å². The Bertz CT molecular complexity index is 2720. The SMILES string of the molecule is Cc1cc(C)c(-c2ccc3c(c2)c2cc(-c4c(C)cc(C)cc4C)ccc2n3-c2cccc3c2C(=O)N(c2cccc(-c4ccccc4)c2)C3=O)c(C)c1. The number of hydrogen-bond donors (Lipinski definition) is 0. The van der Waals surface area contributed by atoms with Crippen LogP contribution >= 0.6 is 0 Å². The van der Waals surface area contributed by atoms with Gasteiger partial charge in [0.05, 0.1) is 33.5 Å². The first-order chi connectivity index (χ1) is 26.1. The molecule has 1 aliphatic heterocycles. The number of fused-ring (bicyclic) bond motifs is 4. The quantitative estimate of drug-likeness (QED) is 0.168. The van der Waals surface area contributed by atoms with Gasteiger partial charge >= 0.3 is 0 Å². The first-order valence-electron chi connectivity index (χ1n) is 18.5. The highest BCUT2D eigenvalue weighted by molar-refractivity contribution is 6.36. The van der Waals surface area contributed by atoms with E-state index in [1.54, 1.807) is 6.07 Å². The van der Waals surface area contributed by atoms with Crippen molar-refractivity contribution in [3.05, 3.63) is 178 Å². The summed E-state index contributed by atoms with van der Waals surface area (Å²) in [6, 6.07) is 45.6. The number of benzene rings is 7. The summed E-state index contributed by atoms with van der Waals surface area (Å²) in [6.45, 7) is 13.0. The number of amides is 2. The van der Waals surface area contributed by atoms with Gasteiger partial charge in [0.15, 0.2) is 0 Å². The maximum atomic E-state index is 14.6. The van der Waals surface area contributed by atoms with E-state index < -0.39 is 0 Å². The maximum absolute atomic E-state index is 14.6. The third-order valence-electron chi connectivity index (χ3n) is 11.0. The van der Waals surface area contributed by atoms with E-state index in [1.807, 2.05) is 66.7 Å². The van der Waals surface area contributed by atoms with E-state index >= 15 is 0 Å². The highest BCUT2D eigenvalue weighted by atomic mass is 16.2. The lowest BCUT2D eigenvalue weighted by molar-refractivity contribution is 0.0926. The number of imide groups is 1. The average molecular weight is 701 g/mol. The van der Waals surface area contributed by atoms with Crippen LogP contribution in [0.5, 0.6) is 0 Å². The lowest BCUT2D eigenvalue weighted by Gasteiger charge is -2.16. The fraction of sp³-hybridized carbons (Fsp3) is 0.120. The molecular formula is C50H40N2O2. The third-order valence-corrected chi connectivity index (χ3v) is 11.0. The number of hydrogen-bond acceptors (Lipinski definition) is 2. The highest BCUT2D eigenvalue weighted by Crippen LogP contribution is 2.42. The van der Waals surface area contributed by atoms with Gasteiger partial charge in [-0.15, -0.1) is 0 Å². The van der Waals surface area contributed by atoms with Crippen molar-refractivity contribution >= 4 is 39.3 Å². The molecule has 0 N–H and O–H groups in total. The minimum Gasteiger partial charge on any atom is -0.308 e. The minimum absolute atomic E-state index is 0.317. The van der Waals surface area contributed by atoms with Gasteiger partial charge in [-0.25, -0.2) is 4.90 Å². The Morgan fingerprint density at radius 3 is 1.48 bits per heavy atom. The van der Waals surface area contributed by atoms with Crippen LogP contribution in [0.2, 0.25) is 0 Å². The fourth-order valence-electron chi connectivity index (χ4n) is 9.01. The number of carbonyl (C=O) groups is 2. The maximum Gasteiger partial charge on any atom is 0.268 e. The van der Waals surface area contributed by atoms with E-state index in [-0.39, 0.29) is 11.8 Å². The Morgan fingerprint density at radius 2 is 0.926 bits per heavy atom. The second kappa shape index (κ2) is 12.6. The Hall–Kier alpha value is -6.52. The largest absolute Gasteiger partial charge is 0.308 e. The molecule has 1 aliphatic rings. The molecule has 9 rings (SSSR count). The lowest BCUT2D eigenvalue weighted by atomic mass is 9.91. The van der Waals surface area contributed by atoms with Crippen LogP contribution in [0.15, 0.2) is 133 Å². The van der Waals surface area contributed by atoms with Crippen molar-refractivity contribution in [3.63, 3.8) is 0 Å². The summed E-state index contributed by atoms with van der Waals surface area (Å²) in [4.78, 5) is 30.1. The molecule has 7 aromatic carbocycles. The predicted molar refractivity (Wildman–Crippen MR) is 223 cm³/mol. The van der Waals surface area contributed by atoms with E-state index in [0.717, 1.165) is 44.1 Å². The van der Waals surface area contributed by atoms with Crippen LogP contribution in [0, 0.1) is 41.5 Å². The summed E-state index contributed by atoms with van der Waals surface area (Å²) in [5.41, 5.74) is 18.2. The van der Waals surface area contributed by atoms with Gasteiger partial charge < -0.3 is 4.57 Å². The molecule has 8 aromatic rings. The predicted octanol–water partition coefficient (Wildman–Crippen LogP) is 12.4. The first-order valence-corrected chi connectivity index (χ1v) is 18.5. The number of carbonyl (C=O) groups excluding carboxylic acids is 2. The van der Waals surface area contributed by atoms with Gasteiger partial charge in [0, 0.05) is 10.8 Å². The van der Waals surface area contributed by atoms with E-state index in [0.29, 0.717) is 22.5 Å². The molecule has 0 saturated carbocycles. The zero-order valence-corrected chi connectivity index (χ0v) is 31.4. The normalized spacial score (nSPS) is 12.7. The number of nitrogens with zero attached hydrogens (tertiary/aromatic N) is 2. The molecule has 2 amide bonds. The summed E-state index contributed by atoms with van der Waals surface area (Å²) in [5.74, 6) is -0.640. The Balaban J connectivity index is 1.27. The fourth-order valence-corrected chi connectivity index (χ4v) is 9.01. The standard InChI is InChI=1S/C50H40N2O2/c1-29-22-31(3)46(32(4)23-29)37-18-20-43-41(27-37)42-28-38(47-33(5)24-30(2)25-34(47)6)19-21-44(42)52(43)45-17-11-16-40-48(45)50(54)51(49(40)53)39-15-10-14-36(26-39)35-12-8-7-9-13-35/h7-28H,1-6H3. The second-order valence-corrected chi connectivity index (χ2v) is 14.9. The van der Waals surface area contributed by atoms with Crippen LogP contribution in [0.25, 0.3) is 60.9 Å². The number of rotatable bonds is 5. The van der Waals surface area contributed by atoms with Crippen molar-refractivity contribution in [3.8, 4) is 39.1 Å². The Labute approximate surface area is 315 Å². The highest BCUT2D eigenvalue weighted by Gasteiger charge is 2.39. The molecule has 0 atom stereocenters. The first kappa shape index (κ1) is 33.3. The smallest absolute Gasteiger partial charge is 0.268 e. The zero-order chi connectivity index (χ0) is 37.4. The molecule has 54 heavy (non-hydrogen) atoms. The summed E-state index contributed by atoms with van der Waals surface area (Å²) in [5, 5.41) is 2.18. The van der Waals surface area contributed by atoms with Crippen LogP contribution in [0.1, 0.15) is 54.1 Å². The lowest BCUT2D eigenvalue weighted by Crippen LogP contribution is -2.29. The summed E-state index contributed by atoms with van der Waals surface area (Å²) < 4.78 is 2.18. The van der Waals surface area contributed by atoms with Crippen molar-refractivity contribution in [2.75, 3.05) is 4.90 Å². The van der Waals surface area contributed by atoms with Crippen LogP contribution in [-0.4, -0.2) is 16.4 Å². The van der Waals surface area contributed by atoms with Crippen molar-refractivity contribution in [1.29, 1.82) is 0 Å².